The lowest BCUT2D eigenvalue weighted by Gasteiger charge is -2.23. The van der Waals surface area contributed by atoms with E-state index < -0.39 is 0 Å². The van der Waals surface area contributed by atoms with Crippen LogP contribution in [0.15, 0.2) is 23.7 Å². The lowest BCUT2D eigenvalue weighted by atomic mass is 10.3. The minimum Gasteiger partial charge on any atom is -0.355 e. The smallest absolute Gasteiger partial charge is 0.274 e. The number of hydrogen-bond acceptors (Lipinski definition) is 6. The van der Waals surface area contributed by atoms with E-state index in [4.69, 9.17) is 0 Å². The van der Waals surface area contributed by atoms with Crippen LogP contribution >= 0.6 is 11.8 Å². The predicted molar refractivity (Wildman–Crippen MR) is 94.5 cm³/mol. The van der Waals surface area contributed by atoms with Gasteiger partial charge in [-0.05, 0) is 19.6 Å². The summed E-state index contributed by atoms with van der Waals surface area (Å²) in [6.45, 7) is 5.05. The van der Waals surface area contributed by atoms with E-state index in [0.29, 0.717) is 12.2 Å². The molecule has 0 atom stereocenters. The maximum Gasteiger partial charge on any atom is 0.274 e. The van der Waals surface area contributed by atoms with Crippen LogP contribution in [0.4, 0.5) is 5.82 Å². The van der Waals surface area contributed by atoms with Gasteiger partial charge in [0.25, 0.3) is 5.91 Å². The molecular weight excluding hydrogens is 324 g/mol. The molecule has 1 saturated heterocycles. The summed E-state index contributed by atoms with van der Waals surface area (Å²) in [5, 5.41) is 0.788. The van der Waals surface area contributed by atoms with Crippen LogP contribution in [-0.2, 0) is 7.05 Å². The van der Waals surface area contributed by atoms with Crippen LogP contribution in [0.2, 0.25) is 0 Å². The van der Waals surface area contributed by atoms with Gasteiger partial charge in [0.2, 0.25) is 0 Å². The monoisotopic (exact) mass is 346 g/mol. The molecule has 128 valence electrons. The molecule has 0 aromatic carbocycles. The topological polar surface area (TPSA) is 67.2 Å². The largest absolute Gasteiger partial charge is 0.355 e. The highest BCUT2D eigenvalue weighted by molar-refractivity contribution is 7.98. The second kappa shape index (κ2) is 7.21. The molecule has 1 aliphatic rings. The zero-order valence-corrected chi connectivity index (χ0v) is 15.1. The van der Waals surface area contributed by atoms with Gasteiger partial charge < -0.3 is 14.4 Å². The van der Waals surface area contributed by atoms with Crippen molar-refractivity contribution in [3.8, 4) is 0 Å². The third kappa shape index (κ3) is 3.69. The minimum absolute atomic E-state index is 0.00104. The highest BCUT2D eigenvalue weighted by atomic mass is 32.2. The molecule has 0 spiro atoms. The Morgan fingerprint density at radius 3 is 2.75 bits per heavy atom. The Labute approximate surface area is 146 Å². The van der Waals surface area contributed by atoms with Crippen LogP contribution in [0.3, 0.4) is 0 Å². The first-order valence-corrected chi connectivity index (χ1v) is 9.21. The van der Waals surface area contributed by atoms with Gasteiger partial charge in [0.05, 0.1) is 6.33 Å². The average molecular weight is 346 g/mol. The first kappa shape index (κ1) is 16.8. The first-order chi connectivity index (χ1) is 11.6. The fourth-order valence-corrected chi connectivity index (χ4v) is 3.23. The number of carbonyl (C=O) groups is 1. The molecule has 8 heteroatoms. The van der Waals surface area contributed by atoms with E-state index in [1.54, 1.807) is 28.9 Å². The molecule has 3 rings (SSSR count). The van der Waals surface area contributed by atoms with Crippen molar-refractivity contribution in [3.63, 3.8) is 0 Å². The van der Waals surface area contributed by atoms with Crippen molar-refractivity contribution in [1.82, 2.24) is 24.4 Å². The molecule has 7 nitrogen and oxygen atoms in total. The molecule has 1 aliphatic heterocycles. The lowest BCUT2D eigenvalue weighted by molar-refractivity contribution is 0.0761. The second-order valence-corrected chi connectivity index (χ2v) is 6.68. The predicted octanol–water partition coefficient (Wildman–Crippen LogP) is 1.59. The lowest BCUT2D eigenvalue weighted by Crippen LogP contribution is -2.35. The molecule has 0 aliphatic carbocycles. The highest BCUT2D eigenvalue weighted by Crippen LogP contribution is 2.19. The fraction of sp³-hybridized carbons (Fsp3) is 0.500. The van der Waals surface area contributed by atoms with E-state index in [9.17, 15) is 4.79 Å². The Bertz CT molecular complexity index is 731. The van der Waals surface area contributed by atoms with Gasteiger partial charge in [-0.1, -0.05) is 11.8 Å². The molecule has 0 radical (unpaired) electrons. The van der Waals surface area contributed by atoms with Crippen LogP contribution in [0.1, 0.15) is 22.6 Å². The number of carbonyl (C=O) groups excluding carboxylic acids is 1. The maximum atomic E-state index is 12.6. The quantitative estimate of drug-likeness (QED) is 0.621. The third-order valence-electron chi connectivity index (χ3n) is 4.03. The molecule has 2 aromatic heterocycles. The second-order valence-electron chi connectivity index (χ2n) is 5.91. The van der Waals surface area contributed by atoms with Crippen molar-refractivity contribution in [1.29, 1.82) is 0 Å². The van der Waals surface area contributed by atoms with Crippen LogP contribution in [0.25, 0.3) is 0 Å². The Morgan fingerprint density at radius 2 is 2.04 bits per heavy atom. The standard InChI is InChI=1S/C16H22N6OS/c1-12-9-14(19-16(18-12)24-3)21-5-4-6-22(8-7-21)15(23)13-10-20(2)11-17-13/h9-11H,4-8H2,1-3H3. The number of rotatable bonds is 3. The van der Waals surface area contributed by atoms with Gasteiger partial charge in [0.15, 0.2) is 5.16 Å². The summed E-state index contributed by atoms with van der Waals surface area (Å²) in [5.74, 6) is 0.945. The van der Waals surface area contributed by atoms with Gasteiger partial charge in [-0.2, -0.15) is 0 Å². The van der Waals surface area contributed by atoms with E-state index >= 15 is 0 Å². The molecule has 1 amide bonds. The van der Waals surface area contributed by atoms with E-state index in [0.717, 1.165) is 42.7 Å². The van der Waals surface area contributed by atoms with Crippen LogP contribution in [0.5, 0.6) is 0 Å². The molecule has 24 heavy (non-hydrogen) atoms. The molecule has 0 saturated carbocycles. The Morgan fingerprint density at radius 1 is 1.21 bits per heavy atom. The van der Waals surface area contributed by atoms with Crippen molar-refractivity contribution >= 4 is 23.5 Å². The SMILES string of the molecule is CSc1nc(C)cc(N2CCCN(C(=O)c3cn(C)cn3)CC2)n1. The summed E-state index contributed by atoms with van der Waals surface area (Å²) in [6, 6.07) is 2.01. The number of amides is 1. The Kier molecular flexibility index (Phi) is 5.03. The molecular formula is C16H22N6OS. The van der Waals surface area contributed by atoms with Crippen molar-refractivity contribution in [2.24, 2.45) is 7.05 Å². The zero-order chi connectivity index (χ0) is 17.1. The molecule has 2 aromatic rings. The van der Waals surface area contributed by atoms with Crippen molar-refractivity contribution in [3.05, 3.63) is 30.0 Å². The molecule has 0 N–H and O–H groups in total. The summed E-state index contributed by atoms with van der Waals surface area (Å²) >= 11 is 1.55. The number of anilines is 1. The highest BCUT2D eigenvalue weighted by Gasteiger charge is 2.22. The van der Waals surface area contributed by atoms with E-state index in [1.807, 2.05) is 31.2 Å². The summed E-state index contributed by atoms with van der Waals surface area (Å²) in [4.78, 5) is 29.9. The van der Waals surface area contributed by atoms with Gasteiger partial charge in [-0.25, -0.2) is 15.0 Å². The number of imidazole rings is 1. The van der Waals surface area contributed by atoms with Crippen LogP contribution in [0, 0.1) is 6.92 Å². The van der Waals surface area contributed by atoms with Gasteiger partial charge in [0.1, 0.15) is 11.5 Å². The third-order valence-corrected chi connectivity index (χ3v) is 4.58. The molecule has 3 heterocycles. The number of hydrogen-bond donors (Lipinski definition) is 0. The zero-order valence-electron chi connectivity index (χ0n) is 14.3. The summed E-state index contributed by atoms with van der Waals surface area (Å²) in [6.07, 6.45) is 6.32. The minimum atomic E-state index is 0.00104. The van der Waals surface area contributed by atoms with Crippen LogP contribution in [-0.4, -0.2) is 62.8 Å². The van der Waals surface area contributed by atoms with Gasteiger partial charge in [-0.3, -0.25) is 4.79 Å². The molecule has 1 fully saturated rings. The number of nitrogens with zero attached hydrogens (tertiary/aromatic N) is 6. The van der Waals surface area contributed by atoms with Gasteiger partial charge >= 0.3 is 0 Å². The van der Waals surface area contributed by atoms with Crippen molar-refractivity contribution in [2.75, 3.05) is 37.3 Å². The van der Waals surface area contributed by atoms with Crippen molar-refractivity contribution < 1.29 is 4.79 Å². The van der Waals surface area contributed by atoms with E-state index in [1.165, 1.54) is 0 Å². The Balaban J connectivity index is 1.71. The Hall–Kier alpha value is -2.09. The number of thioether (sulfide) groups is 1. The normalized spacial score (nSPS) is 15.5. The van der Waals surface area contributed by atoms with Gasteiger partial charge in [0, 0.05) is 51.2 Å². The summed E-state index contributed by atoms with van der Waals surface area (Å²) in [7, 11) is 1.87. The summed E-state index contributed by atoms with van der Waals surface area (Å²) < 4.78 is 1.80. The summed E-state index contributed by atoms with van der Waals surface area (Å²) in [5.41, 5.74) is 1.48. The molecule has 0 bridgehead atoms. The first-order valence-electron chi connectivity index (χ1n) is 7.98. The fourth-order valence-electron chi connectivity index (χ4n) is 2.81. The van der Waals surface area contributed by atoms with E-state index in [2.05, 4.69) is 19.9 Å². The van der Waals surface area contributed by atoms with Crippen molar-refractivity contribution in [2.45, 2.75) is 18.5 Å². The van der Waals surface area contributed by atoms with E-state index in [-0.39, 0.29) is 5.91 Å². The maximum absolute atomic E-state index is 12.6. The average Bonchev–Trinajstić information content (AvgIpc) is 2.86. The number of aryl methyl sites for hydroxylation is 2. The van der Waals surface area contributed by atoms with Gasteiger partial charge in [-0.15, -0.1) is 0 Å². The molecule has 0 unspecified atom stereocenters. The number of aromatic nitrogens is 4. The van der Waals surface area contributed by atoms with Crippen LogP contribution < -0.4 is 4.90 Å².